The molecular weight excluding hydrogens is 278 g/mol. The minimum Gasteiger partial charge on any atom is -0.497 e. The van der Waals surface area contributed by atoms with Crippen molar-refractivity contribution in [1.82, 2.24) is 15.1 Å². The number of aliphatic hydroxyl groups is 1. The van der Waals surface area contributed by atoms with Crippen LogP contribution in [0.3, 0.4) is 0 Å². The molecule has 1 heterocycles. The summed E-state index contributed by atoms with van der Waals surface area (Å²) in [7, 11) is 3.60. The summed E-state index contributed by atoms with van der Waals surface area (Å²) in [4.78, 5) is 0. The van der Waals surface area contributed by atoms with Gasteiger partial charge in [0.15, 0.2) is 0 Å². The summed E-state index contributed by atoms with van der Waals surface area (Å²) >= 11 is 0. The van der Waals surface area contributed by atoms with Crippen molar-refractivity contribution in [1.29, 1.82) is 0 Å². The molecule has 5 nitrogen and oxygen atoms in total. The van der Waals surface area contributed by atoms with Crippen LogP contribution < -0.4 is 10.1 Å². The van der Waals surface area contributed by atoms with E-state index in [4.69, 9.17) is 4.74 Å². The zero-order valence-corrected chi connectivity index (χ0v) is 13.7. The second kappa shape index (κ2) is 7.42. The van der Waals surface area contributed by atoms with Crippen LogP contribution in [-0.4, -0.2) is 28.6 Å². The van der Waals surface area contributed by atoms with Gasteiger partial charge >= 0.3 is 0 Å². The van der Waals surface area contributed by atoms with E-state index in [0.29, 0.717) is 6.42 Å². The van der Waals surface area contributed by atoms with Crippen LogP contribution >= 0.6 is 0 Å². The first kappa shape index (κ1) is 16.5. The van der Waals surface area contributed by atoms with Crippen molar-refractivity contribution in [3.63, 3.8) is 0 Å². The second-order valence-corrected chi connectivity index (χ2v) is 5.54. The summed E-state index contributed by atoms with van der Waals surface area (Å²) in [6.45, 7) is 4.33. The summed E-state index contributed by atoms with van der Waals surface area (Å²) in [6.07, 6.45) is 2.56. The molecule has 22 heavy (non-hydrogen) atoms. The quantitative estimate of drug-likeness (QED) is 0.825. The van der Waals surface area contributed by atoms with E-state index in [0.717, 1.165) is 17.0 Å². The van der Waals surface area contributed by atoms with Gasteiger partial charge in [0, 0.05) is 37.0 Å². The van der Waals surface area contributed by atoms with Gasteiger partial charge in [-0.25, -0.2) is 0 Å². The standard InChI is InChI=1S/C17H25N3O2/c1-12(16-11-18-20(3)13(16)2)19-17(9-10-21)14-5-7-15(22-4)8-6-14/h5-8,11-12,17,19,21H,9-10H2,1-4H3. The summed E-state index contributed by atoms with van der Waals surface area (Å²) in [5.74, 6) is 0.836. The fourth-order valence-corrected chi connectivity index (χ4v) is 2.64. The van der Waals surface area contributed by atoms with E-state index >= 15 is 0 Å². The molecule has 0 spiro atoms. The number of aromatic nitrogens is 2. The number of ether oxygens (including phenoxy) is 1. The van der Waals surface area contributed by atoms with Gasteiger partial charge in [0.2, 0.25) is 0 Å². The molecule has 0 saturated heterocycles. The molecule has 0 fully saturated rings. The number of methoxy groups -OCH3 is 1. The van der Waals surface area contributed by atoms with Crippen molar-refractivity contribution in [2.75, 3.05) is 13.7 Å². The number of aryl methyl sites for hydroxylation is 1. The maximum absolute atomic E-state index is 9.36. The van der Waals surface area contributed by atoms with Gasteiger partial charge in [-0.3, -0.25) is 4.68 Å². The largest absolute Gasteiger partial charge is 0.497 e. The molecule has 0 bridgehead atoms. The van der Waals surface area contributed by atoms with Crippen LogP contribution in [0, 0.1) is 6.92 Å². The number of nitrogens with zero attached hydrogens (tertiary/aromatic N) is 2. The Morgan fingerprint density at radius 3 is 2.50 bits per heavy atom. The third kappa shape index (κ3) is 3.67. The lowest BCUT2D eigenvalue weighted by atomic mass is 10.0. The zero-order chi connectivity index (χ0) is 16.1. The van der Waals surface area contributed by atoms with Crippen molar-refractivity contribution in [2.45, 2.75) is 32.4 Å². The monoisotopic (exact) mass is 303 g/mol. The molecule has 2 aromatic rings. The SMILES string of the molecule is COc1ccc(C(CCO)NC(C)c2cnn(C)c2C)cc1. The van der Waals surface area contributed by atoms with E-state index < -0.39 is 0 Å². The smallest absolute Gasteiger partial charge is 0.118 e. The number of nitrogens with one attached hydrogen (secondary N) is 1. The van der Waals surface area contributed by atoms with Crippen LogP contribution in [-0.2, 0) is 7.05 Å². The van der Waals surface area contributed by atoms with E-state index in [1.807, 2.05) is 42.2 Å². The molecule has 1 aromatic carbocycles. The summed E-state index contributed by atoms with van der Waals surface area (Å²) in [6, 6.07) is 8.21. The Labute approximate surface area is 131 Å². The first-order chi connectivity index (χ1) is 10.6. The Bertz CT molecular complexity index is 592. The minimum absolute atomic E-state index is 0.0884. The topological polar surface area (TPSA) is 59.3 Å². The summed E-state index contributed by atoms with van der Waals surface area (Å²) < 4.78 is 7.07. The van der Waals surface area contributed by atoms with E-state index in [-0.39, 0.29) is 18.7 Å². The lowest BCUT2D eigenvalue weighted by molar-refractivity contribution is 0.260. The first-order valence-corrected chi connectivity index (χ1v) is 7.56. The summed E-state index contributed by atoms with van der Waals surface area (Å²) in [5.41, 5.74) is 3.47. The Morgan fingerprint density at radius 1 is 1.32 bits per heavy atom. The van der Waals surface area contributed by atoms with Crippen molar-refractivity contribution in [2.24, 2.45) is 7.05 Å². The third-order valence-corrected chi connectivity index (χ3v) is 4.13. The molecule has 2 N–H and O–H groups in total. The number of hydrogen-bond donors (Lipinski definition) is 2. The molecule has 2 atom stereocenters. The maximum Gasteiger partial charge on any atom is 0.118 e. The van der Waals surface area contributed by atoms with E-state index in [1.54, 1.807) is 7.11 Å². The normalized spacial score (nSPS) is 13.9. The number of rotatable bonds is 7. The van der Waals surface area contributed by atoms with Crippen LogP contribution in [0.4, 0.5) is 0 Å². The highest BCUT2D eigenvalue weighted by Gasteiger charge is 2.18. The van der Waals surface area contributed by atoms with Crippen molar-refractivity contribution in [3.05, 3.63) is 47.3 Å². The zero-order valence-electron chi connectivity index (χ0n) is 13.7. The van der Waals surface area contributed by atoms with Gasteiger partial charge in [-0.05, 0) is 38.0 Å². The van der Waals surface area contributed by atoms with Gasteiger partial charge in [-0.1, -0.05) is 12.1 Å². The first-order valence-electron chi connectivity index (χ1n) is 7.56. The average molecular weight is 303 g/mol. The Kier molecular flexibility index (Phi) is 5.57. The fourth-order valence-electron chi connectivity index (χ4n) is 2.64. The van der Waals surface area contributed by atoms with Gasteiger partial charge < -0.3 is 15.2 Å². The van der Waals surface area contributed by atoms with E-state index in [9.17, 15) is 5.11 Å². The highest BCUT2D eigenvalue weighted by molar-refractivity contribution is 5.29. The van der Waals surface area contributed by atoms with Gasteiger partial charge in [0.1, 0.15) is 5.75 Å². The molecule has 1 aromatic heterocycles. The molecule has 0 saturated carbocycles. The van der Waals surface area contributed by atoms with Crippen LogP contribution in [0.15, 0.2) is 30.5 Å². The van der Waals surface area contributed by atoms with E-state index in [2.05, 4.69) is 24.3 Å². The molecule has 0 radical (unpaired) electrons. The number of hydrogen-bond acceptors (Lipinski definition) is 4. The molecule has 2 rings (SSSR count). The Balaban J connectivity index is 2.15. The molecule has 0 aliphatic heterocycles. The van der Waals surface area contributed by atoms with Crippen molar-refractivity contribution < 1.29 is 9.84 Å². The Hall–Kier alpha value is -1.85. The molecule has 120 valence electrons. The minimum atomic E-state index is 0.0884. The van der Waals surface area contributed by atoms with E-state index in [1.165, 1.54) is 5.56 Å². The lowest BCUT2D eigenvalue weighted by Gasteiger charge is -2.23. The average Bonchev–Trinajstić information content (AvgIpc) is 2.86. The second-order valence-electron chi connectivity index (χ2n) is 5.54. The Morgan fingerprint density at radius 2 is 2.00 bits per heavy atom. The molecule has 0 aliphatic rings. The van der Waals surface area contributed by atoms with Gasteiger partial charge in [0.05, 0.1) is 13.3 Å². The molecule has 0 aliphatic carbocycles. The van der Waals surface area contributed by atoms with Crippen LogP contribution in [0.2, 0.25) is 0 Å². The molecule has 2 unspecified atom stereocenters. The van der Waals surface area contributed by atoms with Crippen LogP contribution in [0.1, 0.15) is 42.2 Å². The van der Waals surface area contributed by atoms with Crippen molar-refractivity contribution in [3.8, 4) is 5.75 Å². The predicted octanol–water partition coefficient (Wildman–Crippen LogP) is 2.51. The van der Waals surface area contributed by atoms with Crippen molar-refractivity contribution >= 4 is 0 Å². The lowest BCUT2D eigenvalue weighted by Crippen LogP contribution is -2.26. The van der Waals surface area contributed by atoms with Gasteiger partial charge in [0.25, 0.3) is 0 Å². The number of aliphatic hydroxyl groups excluding tert-OH is 1. The third-order valence-electron chi connectivity index (χ3n) is 4.13. The molecule has 0 amide bonds. The highest BCUT2D eigenvalue weighted by atomic mass is 16.5. The molecule has 5 heteroatoms. The fraction of sp³-hybridized carbons (Fsp3) is 0.471. The van der Waals surface area contributed by atoms with Gasteiger partial charge in [-0.2, -0.15) is 5.10 Å². The number of benzene rings is 1. The maximum atomic E-state index is 9.36. The van der Waals surface area contributed by atoms with Gasteiger partial charge in [-0.15, -0.1) is 0 Å². The molecular formula is C17H25N3O2. The van der Waals surface area contributed by atoms with Crippen LogP contribution in [0.5, 0.6) is 5.75 Å². The van der Waals surface area contributed by atoms with Crippen LogP contribution in [0.25, 0.3) is 0 Å². The highest BCUT2D eigenvalue weighted by Crippen LogP contribution is 2.25. The summed E-state index contributed by atoms with van der Waals surface area (Å²) in [5, 5.41) is 17.2. The predicted molar refractivity (Wildman–Crippen MR) is 86.9 cm³/mol.